The summed E-state index contributed by atoms with van der Waals surface area (Å²) in [5, 5.41) is 0. The lowest BCUT2D eigenvalue weighted by molar-refractivity contribution is -0.152. The molecule has 0 spiro atoms. The van der Waals surface area contributed by atoms with Gasteiger partial charge < -0.3 is 4.74 Å². The molecule has 0 bridgehead atoms. The number of benzene rings is 1. The average Bonchev–Trinajstić information content (AvgIpc) is 2.48. The molecule has 1 atom stereocenters. The molecule has 0 fully saturated rings. The van der Waals surface area contributed by atoms with Gasteiger partial charge >= 0.3 is 5.97 Å². The fourth-order valence-electron chi connectivity index (χ4n) is 2.45. The van der Waals surface area contributed by atoms with Gasteiger partial charge in [-0.25, -0.2) is 0 Å². The third kappa shape index (κ3) is 2.60. The summed E-state index contributed by atoms with van der Waals surface area (Å²) in [6, 6.07) is 8.98. The second kappa shape index (κ2) is 5.83. The molecule has 19 heavy (non-hydrogen) atoms. The molecule has 0 heterocycles. The van der Waals surface area contributed by atoms with Crippen molar-refractivity contribution in [3.05, 3.63) is 48.0 Å². The van der Waals surface area contributed by atoms with Crippen molar-refractivity contribution in [2.24, 2.45) is 5.41 Å². The van der Waals surface area contributed by atoms with Crippen molar-refractivity contribution in [1.82, 2.24) is 0 Å². The van der Waals surface area contributed by atoms with Crippen molar-refractivity contribution in [2.75, 3.05) is 6.61 Å². The van der Waals surface area contributed by atoms with Crippen LogP contribution in [0.25, 0.3) is 0 Å². The standard InChI is InChI=1S/C16H18O3/c1-2-19-15(18)16(11-7-4-8-12-16)14(17)13-9-5-3-6-10-13/h3-7,9-10H,2,8,11-12H2,1H3. The molecule has 0 aromatic heterocycles. The first-order chi connectivity index (χ1) is 9.20. The Labute approximate surface area is 113 Å². The Morgan fingerprint density at radius 1 is 1.21 bits per heavy atom. The Bertz CT molecular complexity index is 490. The smallest absolute Gasteiger partial charge is 0.320 e. The second-order valence-electron chi connectivity index (χ2n) is 4.71. The zero-order valence-electron chi connectivity index (χ0n) is 11.1. The number of carbonyl (C=O) groups excluding carboxylic acids is 2. The second-order valence-corrected chi connectivity index (χ2v) is 4.71. The number of ether oxygens (including phenoxy) is 1. The molecule has 0 radical (unpaired) electrons. The minimum atomic E-state index is -1.04. The summed E-state index contributed by atoms with van der Waals surface area (Å²) in [7, 11) is 0. The Morgan fingerprint density at radius 3 is 2.53 bits per heavy atom. The number of Topliss-reactive ketones (excluding diaryl/α,β-unsaturated/α-hetero) is 1. The van der Waals surface area contributed by atoms with Gasteiger partial charge in [0.15, 0.2) is 5.78 Å². The summed E-state index contributed by atoms with van der Waals surface area (Å²) < 4.78 is 5.13. The molecule has 0 amide bonds. The SMILES string of the molecule is CCOC(=O)C1(C(=O)c2ccccc2)CC=CCC1. The number of esters is 1. The first-order valence-electron chi connectivity index (χ1n) is 6.63. The topological polar surface area (TPSA) is 43.4 Å². The van der Waals surface area contributed by atoms with Crippen molar-refractivity contribution in [1.29, 1.82) is 0 Å². The number of rotatable bonds is 4. The van der Waals surface area contributed by atoms with Gasteiger partial charge in [-0.1, -0.05) is 42.5 Å². The lowest BCUT2D eigenvalue weighted by Crippen LogP contribution is -2.41. The van der Waals surface area contributed by atoms with E-state index in [1.54, 1.807) is 19.1 Å². The Hall–Kier alpha value is -1.90. The number of ketones is 1. The number of hydrogen-bond donors (Lipinski definition) is 0. The summed E-state index contributed by atoms with van der Waals surface area (Å²) in [6.07, 6.45) is 5.60. The van der Waals surface area contributed by atoms with Gasteiger partial charge in [0.25, 0.3) is 0 Å². The van der Waals surface area contributed by atoms with Gasteiger partial charge in [0, 0.05) is 5.56 Å². The average molecular weight is 258 g/mol. The van der Waals surface area contributed by atoms with E-state index in [9.17, 15) is 9.59 Å². The van der Waals surface area contributed by atoms with Crippen LogP contribution in [0.4, 0.5) is 0 Å². The summed E-state index contributed by atoms with van der Waals surface area (Å²) in [6.45, 7) is 2.06. The third-order valence-corrected chi connectivity index (χ3v) is 3.51. The van der Waals surface area contributed by atoms with Crippen molar-refractivity contribution >= 4 is 11.8 Å². The first kappa shape index (κ1) is 13.5. The maximum Gasteiger partial charge on any atom is 0.320 e. The van der Waals surface area contributed by atoms with Crippen molar-refractivity contribution < 1.29 is 14.3 Å². The molecule has 0 N–H and O–H groups in total. The molecule has 3 heteroatoms. The lowest BCUT2D eigenvalue weighted by Gasteiger charge is -2.30. The highest BCUT2D eigenvalue weighted by Gasteiger charge is 2.46. The van der Waals surface area contributed by atoms with E-state index in [0.717, 1.165) is 6.42 Å². The van der Waals surface area contributed by atoms with Crippen LogP contribution in [0.2, 0.25) is 0 Å². The molecular weight excluding hydrogens is 240 g/mol. The molecule has 1 aromatic carbocycles. The number of carbonyl (C=O) groups is 2. The van der Waals surface area contributed by atoms with Gasteiger partial charge in [0.2, 0.25) is 0 Å². The minimum Gasteiger partial charge on any atom is -0.465 e. The molecule has 1 aliphatic carbocycles. The molecule has 1 unspecified atom stereocenters. The van der Waals surface area contributed by atoms with Crippen LogP contribution in [0.1, 0.15) is 36.5 Å². The van der Waals surface area contributed by atoms with Crippen LogP contribution >= 0.6 is 0 Å². The summed E-state index contributed by atoms with van der Waals surface area (Å²) in [5.74, 6) is -0.524. The Kier molecular flexibility index (Phi) is 4.15. The normalized spacial score (nSPS) is 21.9. The zero-order chi connectivity index (χ0) is 13.7. The molecule has 0 saturated heterocycles. The molecule has 0 saturated carbocycles. The van der Waals surface area contributed by atoms with E-state index in [2.05, 4.69) is 0 Å². The number of hydrogen-bond acceptors (Lipinski definition) is 3. The van der Waals surface area contributed by atoms with Gasteiger partial charge in [-0.15, -0.1) is 0 Å². The summed E-state index contributed by atoms with van der Waals surface area (Å²) >= 11 is 0. The summed E-state index contributed by atoms with van der Waals surface area (Å²) in [4.78, 5) is 25.0. The van der Waals surface area contributed by atoms with E-state index in [0.29, 0.717) is 25.0 Å². The Morgan fingerprint density at radius 2 is 1.95 bits per heavy atom. The monoisotopic (exact) mass is 258 g/mol. The molecule has 100 valence electrons. The molecule has 0 aliphatic heterocycles. The molecular formula is C16H18O3. The van der Waals surface area contributed by atoms with Gasteiger partial charge in [0.1, 0.15) is 5.41 Å². The van der Waals surface area contributed by atoms with Crippen LogP contribution in [-0.4, -0.2) is 18.4 Å². The largest absolute Gasteiger partial charge is 0.465 e. The van der Waals surface area contributed by atoms with E-state index in [4.69, 9.17) is 4.74 Å². The molecule has 2 rings (SSSR count). The molecule has 3 nitrogen and oxygen atoms in total. The van der Waals surface area contributed by atoms with E-state index in [1.165, 1.54) is 0 Å². The zero-order valence-corrected chi connectivity index (χ0v) is 11.1. The van der Waals surface area contributed by atoms with Crippen molar-refractivity contribution in [2.45, 2.75) is 26.2 Å². The highest BCUT2D eigenvalue weighted by molar-refractivity contribution is 6.12. The third-order valence-electron chi connectivity index (χ3n) is 3.51. The van der Waals surface area contributed by atoms with Gasteiger partial charge in [-0.3, -0.25) is 9.59 Å². The highest BCUT2D eigenvalue weighted by Crippen LogP contribution is 2.37. The Balaban J connectivity index is 2.35. The maximum atomic E-state index is 12.7. The number of allylic oxidation sites excluding steroid dienone is 2. The fourth-order valence-corrected chi connectivity index (χ4v) is 2.45. The van der Waals surface area contributed by atoms with Crippen molar-refractivity contribution in [3.8, 4) is 0 Å². The van der Waals surface area contributed by atoms with E-state index in [1.807, 2.05) is 30.4 Å². The molecule has 1 aromatic rings. The minimum absolute atomic E-state index is 0.129. The van der Waals surface area contributed by atoms with E-state index < -0.39 is 11.4 Å². The first-order valence-corrected chi connectivity index (χ1v) is 6.63. The lowest BCUT2D eigenvalue weighted by atomic mass is 9.71. The van der Waals surface area contributed by atoms with Crippen LogP contribution in [0.5, 0.6) is 0 Å². The highest BCUT2D eigenvalue weighted by atomic mass is 16.5. The van der Waals surface area contributed by atoms with Crippen LogP contribution in [0.3, 0.4) is 0 Å². The van der Waals surface area contributed by atoms with Crippen LogP contribution < -0.4 is 0 Å². The summed E-state index contributed by atoms with van der Waals surface area (Å²) in [5.41, 5.74) is -0.461. The predicted octanol–water partition coefficient (Wildman–Crippen LogP) is 3.16. The van der Waals surface area contributed by atoms with Gasteiger partial charge in [0.05, 0.1) is 6.61 Å². The van der Waals surface area contributed by atoms with E-state index in [-0.39, 0.29) is 5.78 Å². The molecule has 1 aliphatic rings. The maximum absolute atomic E-state index is 12.7. The van der Waals surface area contributed by atoms with Gasteiger partial charge in [-0.05, 0) is 26.2 Å². The predicted molar refractivity (Wildman–Crippen MR) is 72.8 cm³/mol. The fraction of sp³-hybridized carbons (Fsp3) is 0.375. The van der Waals surface area contributed by atoms with E-state index >= 15 is 0 Å². The van der Waals surface area contributed by atoms with Crippen molar-refractivity contribution in [3.63, 3.8) is 0 Å². The van der Waals surface area contributed by atoms with Gasteiger partial charge in [-0.2, -0.15) is 0 Å². The van der Waals surface area contributed by atoms with Crippen LogP contribution in [0.15, 0.2) is 42.5 Å². The quantitative estimate of drug-likeness (QED) is 0.360. The van der Waals surface area contributed by atoms with Crippen LogP contribution in [-0.2, 0) is 9.53 Å². The van der Waals surface area contributed by atoms with Crippen LogP contribution in [0, 0.1) is 5.41 Å².